The van der Waals surface area contributed by atoms with Gasteiger partial charge in [-0.05, 0) is 35.3 Å². The van der Waals surface area contributed by atoms with Crippen molar-refractivity contribution in [2.75, 3.05) is 36.8 Å². The van der Waals surface area contributed by atoms with E-state index >= 15 is 0 Å². The van der Waals surface area contributed by atoms with Gasteiger partial charge in [-0.1, -0.05) is 6.42 Å². The quantitative estimate of drug-likeness (QED) is 0.851. The van der Waals surface area contributed by atoms with Crippen LogP contribution in [0.1, 0.15) is 19.3 Å². The summed E-state index contributed by atoms with van der Waals surface area (Å²) in [6.45, 7) is 4.45. The minimum atomic E-state index is 0.347. The third-order valence-corrected chi connectivity index (χ3v) is 4.44. The maximum Gasteiger partial charge on any atom is 0.222 e. The van der Waals surface area contributed by atoms with Crippen LogP contribution in [0.25, 0.3) is 0 Å². The Bertz CT molecular complexity index is 438. The highest BCUT2D eigenvalue weighted by atomic mass is 79.9. The maximum absolute atomic E-state index is 5.69. The summed E-state index contributed by atoms with van der Waals surface area (Å²) in [7, 11) is 0. The van der Waals surface area contributed by atoms with E-state index in [4.69, 9.17) is 5.73 Å². The largest absolute Gasteiger partial charge is 0.368 e. The molecular formula is C12H18BrN5. The number of rotatable bonds is 1. The monoisotopic (exact) mass is 311 g/mol. The smallest absolute Gasteiger partial charge is 0.222 e. The Morgan fingerprint density at radius 3 is 3.06 bits per heavy atom. The van der Waals surface area contributed by atoms with Gasteiger partial charge in [0.2, 0.25) is 5.95 Å². The first-order valence-electron chi connectivity index (χ1n) is 6.51. The fourth-order valence-corrected chi connectivity index (χ4v) is 3.38. The topological polar surface area (TPSA) is 58.3 Å². The first-order valence-corrected chi connectivity index (χ1v) is 7.30. The number of fused-ring (bicyclic) bond motifs is 1. The second-order valence-corrected chi connectivity index (χ2v) is 5.89. The van der Waals surface area contributed by atoms with Crippen LogP contribution >= 0.6 is 15.9 Å². The molecule has 98 valence electrons. The van der Waals surface area contributed by atoms with Crippen LogP contribution in [0.3, 0.4) is 0 Å². The molecular weight excluding hydrogens is 294 g/mol. The zero-order chi connectivity index (χ0) is 12.5. The van der Waals surface area contributed by atoms with Crippen LogP contribution in [0, 0.1) is 0 Å². The van der Waals surface area contributed by atoms with Crippen molar-refractivity contribution in [2.24, 2.45) is 0 Å². The van der Waals surface area contributed by atoms with Crippen LogP contribution in [0.15, 0.2) is 10.7 Å². The van der Waals surface area contributed by atoms with Crippen LogP contribution in [0.5, 0.6) is 0 Å². The van der Waals surface area contributed by atoms with E-state index in [2.05, 4.69) is 35.7 Å². The lowest BCUT2D eigenvalue weighted by Gasteiger charge is -2.44. The number of halogens is 1. The van der Waals surface area contributed by atoms with E-state index in [9.17, 15) is 0 Å². The number of nitrogens with two attached hydrogens (primary N) is 1. The number of hydrogen-bond donors (Lipinski definition) is 1. The summed E-state index contributed by atoms with van der Waals surface area (Å²) >= 11 is 3.52. The number of piperidine rings is 1. The number of nitrogen functional groups attached to an aromatic ring is 1. The van der Waals surface area contributed by atoms with Crippen molar-refractivity contribution in [1.82, 2.24) is 14.9 Å². The van der Waals surface area contributed by atoms with Gasteiger partial charge in [-0.3, -0.25) is 4.90 Å². The molecule has 3 heterocycles. The van der Waals surface area contributed by atoms with Crippen molar-refractivity contribution in [3.63, 3.8) is 0 Å². The lowest BCUT2D eigenvalue weighted by atomic mass is 9.99. The Morgan fingerprint density at radius 1 is 1.28 bits per heavy atom. The summed E-state index contributed by atoms with van der Waals surface area (Å²) in [6.07, 6.45) is 5.74. The Hall–Kier alpha value is -0.880. The second-order valence-electron chi connectivity index (χ2n) is 5.03. The number of hydrogen-bond acceptors (Lipinski definition) is 5. The predicted octanol–water partition coefficient (Wildman–Crippen LogP) is 1.50. The average molecular weight is 312 g/mol. The van der Waals surface area contributed by atoms with E-state index in [0.717, 1.165) is 29.9 Å². The lowest BCUT2D eigenvalue weighted by molar-refractivity contribution is 0.133. The van der Waals surface area contributed by atoms with Crippen LogP contribution < -0.4 is 10.6 Å². The highest BCUT2D eigenvalue weighted by Crippen LogP contribution is 2.28. The maximum atomic E-state index is 5.69. The van der Waals surface area contributed by atoms with E-state index in [1.54, 1.807) is 6.20 Å². The fourth-order valence-electron chi connectivity index (χ4n) is 2.94. The standard InChI is InChI=1S/C12H18BrN5/c13-10-7-15-12(14)16-11(10)18-6-5-17-4-2-1-3-9(17)8-18/h7,9H,1-6,8H2,(H2,14,15,16). The van der Waals surface area contributed by atoms with Crippen molar-refractivity contribution < 1.29 is 0 Å². The molecule has 2 aliphatic heterocycles. The first kappa shape index (κ1) is 12.2. The zero-order valence-electron chi connectivity index (χ0n) is 10.3. The molecule has 0 aliphatic carbocycles. The van der Waals surface area contributed by atoms with Gasteiger partial charge in [0.1, 0.15) is 5.82 Å². The molecule has 0 radical (unpaired) electrons. The lowest BCUT2D eigenvalue weighted by Crippen LogP contribution is -2.55. The van der Waals surface area contributed by atoms with Crippen LogP contribution in [0.4, 0.5) is 11.8 Å². The molecule has 0 aromatic carbocycles. The van der Waals surface area contributed by atoms with Gasteiger partial charge in [-0.25, -0.2) is 4.98 Å². The first-order chi connectivity index (χ1) is 8.74. The van der Waals surface area contributed by atoms with E-state index in [1.807, 2.05) is 0 Å². The molecule has 2 fully saturated rings. The molecule has 18 heavy (non-hydrogen) atoms. The van der Waals surface area contributed by atoms with Gasteiger partial charge in [0.05, 0.1) is 4.47 Å². The summed E-state index contributed by atoms with van der Waals surface area (Å²) in [5.41, 5.74) is 5.69. The number of piperazine rings is 1. The number of anilines is 2. The molecule has 6 heteroatoms. The molecule has 2 N–H and O–H groups in total. The molecule has 0 spiro atoms. The molecule has 0 amide bonds. The van der Waals surface area contributed by atoms with Gasteiger partial charge < -0.3 is 10.6 Å². The normalized spacial score (nSPS) is 24.9. The fraction of sp³-hybridized carbons (Fsp3) is 0.667. The molecule has 2 aliphatic rings. The third kappa shape index (κ3) is 2.31. The highest BCUT2D eigenvalue weighted by Gasteiger charge is 2.30. The Labute approximate surface area is 116 Å². The Morgan fingerprint density at radius 2 is 2.17 bits per heavy atom. The predicted molar refractivity (Wildman–Crippen MR) is 75.6 cm³/mol. The minimum Gasteiger partial charge on any atom is -0.368 e. The SMILES string of the molecule is Nc1ncc(Br)c(N2CCN3CCCCC3C2)n1. The van der Waals surface area contributed by atoms with Crippen molar-refractivity contribution in [2.45, 2.75) is 25.3 Å². The van der Waals surface area contributed by atoms with Gasteiger partial charge in [0, 0.05) is 31.9 Å². The molecule has 1 aromatic heterocycles. The van der Waals surface area contributed by atoms with Gasteiger partial charge in [0.15, 0.2) is 0 Å². The second kappa shape index (κ2) is 5.01. The van der Waals surface area contributed by atoms with Gasteiger partial charge in [0.25, 0.3) is 0 Å². The summed E-state index contributed by atoms with van der Waals surface area (Å²) in [4.78, 5) is 13.3. The van der Waals surface area contributed by atoms with Crippen LogP contribution in [-0.4, -0.2) is 47.1 Å². The molecule has 0 bridgehead atoms. The Kier molecular flexibility index (Phi) is 3.39. The van der Waals surface area contributed by atoms with E-state index < -0.39 is 0 Å². The van der Waals surface area contributed by atoms with Gasteiger partial charge >= 0.3 is 0 Å². The molecule has 0 saturated carbocycles. The van der Waals surface area contributed by atoms with Gasteiger partial charge in [-0.15, -0.1) is 0 Å². The van der Waals surface area contributed by atoms with Crippen LogP contribution in [-0.2, 0) is 0 Å². The van der Waals surface area contributed by atoms with Gasteiger partial charge in [-0.2, -0.15) is 4.98 Å². The van der Waals surface area contributed by atoms with Crippen molar-refractivity contribution >= 4 is 27.7 Å². The molecule has 1 atom stereocenters. The highest BCUT2D eigenvalue weighted by molar-refractivity contribution is 9.10. The van der Waals surface area contributed by atoms with Crippen molar-refractivity contribution in [3.05, 3.63) is 10.7 Å². The molecule has 1 unspecified atom stereocenters. The van der Waals surface area contributed by atoms with Crippen molar-refractivity contribution in [3.8, 4) is 0 Å². The Balaban J connectivity index is 1.79. The summed E-state index contributed by atoms with van der Waals surface area (Å²) in [5.74, 6) is 1.28. The molecule has 3 rings (SSSR count). The minimum absolute atomic E-state index is 0.347. The summed E-state index contributed by atoms with van der Waals surface area (Å²) in [5, 5.41) is 0. The number of nitrogens with zero attached hydrogens (tertiary/aromatic N) is 4. The van der Waals surface area contributed by atoms with E-state index in [1.165, 1.54) is 25.8 Å². The molecule has 5 nitrogen and oxygen atoms in total. The molecule has 2 saturated heterocycles. The molecule has 1 aromatic rings. The summed E-state index contributed by atoms with van der Waals surface area (Å²) < 4.78 is 0.931. The van der Waals surface area contributed by atoms with E-state index in [-0.39, 0.29) is 0 Å². The summed E-state index contributed by atoms with van der Waals surface area (Å²) in [6, 6.07) is 0.676. The van der Waals surface area contributed by atoms with E-state index in [0.29, 0.717) is 12.0 Å². The van der Waals surface area contributed by atoms with Crippen molar-refractivity contribution in [1.29, 1.82) is 0 Å². The van der Waals surface area contributed by atoms with Crippen LogP contribution in [0.2, 0.25) is 0 Å². The average Bonchev–Trinajstić information content (AvgIpc) is 2.41. The zero-order valence-corrected chi connectivity index (χ0v) is 11.9. The number of aromatic nitrogens is 2. The third-order valence-electron chi connectivity index (χ3n) is 3.88.